The summed E-state index contributed by atoms with van der Waals surface area (Å²) in [7, 11) is 0. The predicted molar refractivity (Wildman–Crippen MR) is 60.0 cm³/mol. The maximum atomic E-state index is 13.5. The van der Waals surface area contributed by atoms with Crippen molar-refractivity contribution in [2.24, 2.45) is 0 Å². The molecule has 3 nitrogen and oxygen atoms in total. The first-order valence-electron chi connectivity index (χ1n) is 4.62. The van der Waals surface area contributed by atoms with Gasteiger partial charge in [0, 0.05) is 23.8 Å². The molecule has 5 heteroatoms. The Morgan fingerprint density at radius 3 is 2.93 bits per heavy atom. The third kappa shape index (κ3) is 3.17. The van der Waals surface area contributed by atoms with Gasteiger partial charge < -0.3 is 4.90 Å². The number of rotatable bonds is 4. The number of nitrogens with zero attached hydrogens (tertiary/aromatic N) is 3. The van der Waals surface area contributed by atoms with Crippen LogP contribution in [-0.2, 0) is 0 Å². The molecule has 0 aromatic carbocycles. The fraction of sp³-hybridized carbons (Fsp3) is 0.400. The molecule has 0 aliphatic carbocycles. The Hall–Kier alpha value is -1.15. The quantitative estimate of drug-likeness (QED) is 0.846. The number of anilines is 1. The predicted octanol–water partition coefficient (Wildman–Crippen LogP) is 2.72. The number of nitriles is 1. The van der Waals surface area contributed by atoms with Crippen molar-refractivity contribution in [2.45, 2.75) is 13.3 Å². The Morgan fingerprint density at radius 2 is 2.40 bits per heavy atom. The minimum Gasteiger partial charge on any atom is -0.353 e. The van der Waals surface area contributed by atoms with Crippen LogP contribution in [0, 0.1) is 17.1 Å². The van der Waals surface area contributed by atoms with Crippen molar-refractivity contribution in [1.29, 1.82) is 5.26 Å². The lowest BCUT2D eigenvalue weighted by atomic mass is 10.3. The van der Waals surface area contributed by atoms with E-state index in [9.17, 15) is 4.39 Å². The van der Waals surface area contributed by atoms with E-state index in [1.54, 1.807) is 11.1 Å². The highest BCUT2D eigenvalue weighted by Crippen LogP contribution is 2.19. The average molecular weight is 272 g/mol. The van der Waals surface area contributed by atoms with E-state index in [-0.39, 0.29) is 5.82 Å². The van der Waals surface area contributed by atoms with Crippen molar-refractivity contribution in [2.75, 3.05) is 18.0 Å². The van der Waals surface area contributed by atoms with E-state index in [0.29, 0.717) is 29.8 Å². The Morgan fingerprint density at radius 1 is 1.67 bits per heavy atom. The molecule has 80 valence electrons. The number of hydrogen-bond donors (Lipinski definition) is 0. The van der Waals surface area contributed by atoms with Crippen molar-refractivity contribution < 1.29 is 4.39 Å². The molecule has 1 rings (SSSR count). The molecule has 1 aromatic heterocycles. The lowest BCUT2D eigenvalue weighted by Crippen LogP contribution is -2.25. The summed E-state index contributed by atoms with van der Waals surface area (Å²) in [5.74, 6) is -0.0693. The number of pyridine rings is 1. The van der Waals surface area contributed by atoms with E-state index < -0.39 is 0 Å². The second kappa shape index (κ2) is 5.66. The highest BCUT2D eigenvalue weighted by atomic mass is 79.9. The summed E-state index contributed by atoms with van der Waals surface area (Å²) in [4.78, 5) is 5.74. The molecule has 1 heterocycles. The van der Waals surface area contributed by atoms with E-state index in [2.05, 4.69) is 20.9 Å². The zero-order valence-corrected chi connectivity index (χ0v) is 9.96. The van der Waals surface area contributed by atoms with Crippen LogP contribution in [0.1, 0.15) is 13.3 Å². The van der Waals surface area contributed by atoms with Gasteiger partial charge in [0.1, 0.15) is 0 Å². The minimum atomic E-state index is -0.371. The van der Waals surface area contributed by atoms with Gasteiger partial charge in [0.25, 0.3) is 0 Å². The lowest BCUT2D eigenvalue weighted by Gasteiger charge is -2.20. The first kappa shape index (κ1) is 11.9. The molecule has 0 saturated heterocycles. The van der Waals surface area contributed by atoms with E-state index >= 15 is 0 Å². The summed E-state index contributed by atoms with van der Waals surface area (Å²) in [6, 6.07) is 3.40. The Labute approximate surface area is 96.7 Å². The summed E-state index contributed by atoms with van der Waals surface area (Å²) in [6.07, 6.45) is 1.92. The first-order chi connectivity index (χ1) is 7.19. The summed E-state index contributed by atoms with van der Waals surface area (Å²) in [6.45, 7) is 3.03. The standard InChI is InChI=1S/C10H11BrFN3/c1-2-15(5-3-4-13)10-9(12)6-8(11)7-14-10/h6-7H,2-3,5H2,1H3. The summed E-state index contributed by atoms with van der Waals surface area (Å²) >= 11 is 3.15. The Kier molecular flexibility index (Phi) is 4.50. The summed E-state index contributed by atoms with van der Waals surface area (Å²) < 4.78 is 14.1. The van der Waals surface area contributed by atoms with Crippen LogP contribution in [0.25, 0.3) is 0 Å². The van der Waals surface area contributed by atoms with Gasteiger partial charge in [-0.2, -0.15) is 5.26 Å². The molecule has 0 saturated carbocycles. The maximum absolute atomic E-state index is 13.5. The van der Waals surface area contributed by atoms with Gasteiger partial charge in [-0.25, -0.2) is 9.37 Å². The van der Waals surface area contributed by atoms with Crippen molar-refractivity contribution in [3.05, 3.63) is 22.6 Å². The van der Waals surface area contributed by atoms with Gasteiger partial charge in [-0.05, 0) is 28.9 Å². The second-order valence-electron chi connectivity index (χ2n) is 2.95. The van der Waals surface area contributed by atoms with Crippen LogP contribution in [-0.4, -0.2) is 18.1 Å². The van der Waals surface area contributed by atoms with Gasteiger partial charge >= 0.3 is 0 Å². The van der Waals surface area contributed by atoms with Crippen LogP contribution in [0.2, 0.25) is 0 Å². The topological polar surface area (TPSA) is 39.9 Å². The third-order valence-corrected chi connectivity index (χ3v) is 2.40. The van der Waals surface area contributed by atoms with Crippen LogP contribution >= 0.6 is 15.9 Å². The molecule has 0 radical (unpaired) electrons. The van der Waals surface area contributed by atoms with Crippen LogP contribution in [0.15, 0.2) is 16.7 Å². The molecular formula is C10H11BrFN3. The summed E-state index contributed by atoms with van der Waals surface area (Å²) in [5.41, 5.74) is 0. The Balaban J connectivity index is 2.87. The highest BCUT2D eigenvalue weighted by molar-refractivity contribution is 9.10. The molecule has 0 aliphatic heterocycles. The Bertz CT molecular complexity index is 375. The molecule has 15 heavy (non-hydrogen) atoms. The molecule has 0 amide bonds. The van der Waals surface area contributed by atoms with Crippen molar-refractivity contribution >= 4 is 21.7 Å². The normalized spacial score (nSPS) is 9.73. The molecule has 0 N–H and O–H groups in total. The largest absolute Gasteiger partial charge is 0.353 e. The fourth-order valence-corrected chi connectivity index (χ4v) is 1.54. The molecule has 0 atom stereocenters. The minimum absolute atomic E-state index is 0.302. The zero-order valence-electron chi connectivity index (χ0n) is 8.37. The van der Waals surface area contributed by atoms with Crippen molar-refractivity contribution in [1.82, 2.24) is 4.98 Å². The van der Waals surface area contributed by atoms with E-state index in [0.717, 1.165) is 0 Å². The number of hydrogen-bond acceptors (Lipinski definition) is 3. The van der Waals surface area contributed by atoms with Crippen LogP contribution in [0.4, 0.5) is 10.2 Å². The van der Waals surface area contributed by atoms with Gasteiger partial charge in [-0.15, -0.1) is 0 Å². The average Bonchev–Trinajstić information content (AvgIpc) is 2.21. The molecule has 0 bridgehead atoms. The lowest BCUT2D eigenvalue weighted by molar-refractivity contribution is 0.609. The van der Waals surface area contributed by atoms with Gasteiger partial charge in [0.15, 0.2) is 11.6 Å². The molecule has 0 fully saturated rings. The van der Waals surface area contributed by atoms with Crippen molar-refractivity contribution in [3.8, 4) is 6.07 Å². The van der Waals surface area contributed by atoms with Crippen LogP contribution in [0.3, 0.4) is 0 Å². The van der Waals surface area contributed by atoms with Gasteiger partial charge in [0.2, 0.25) is 0 Å². The summed E-state index contributed by atoms with van der Waals surface area (Å²) in [5, 5.41) is 8.47. The zero-order chi connectivity index (χ0) is 11.3. The number of aromatic nitrogens is 1. The SMILES string of the molecule is CCN(CCC#N)c1ncc(Br)cc1F. The smallest absolute Gasteiger partial charge is 0.166 e. The molecule has 0 unspecified atom stereocenters. The monoisotopic (exact) mass is 271 g/mol. The second-order valence-corrected chi connectivity index (χ2v) is 3.86. The van der Waals surface area contributed by atoms with Crippen molar-refractivity contribution in [3.63, 3.8) is 0 Å². The number of halogens is 2. The van der Waals surface area contributed by atoms with E-state index in [1.165, 1.54) is 6.07 Å². The third-order valence-electron chi connectivity index (χ3n) is 1.96. The highest BCUT2D eigenvalue weighted by Gasteiger charge is 2.11. The fourth-order valence-electron chi connectivity index (χ4n) is 1.24. The molecule has 0 spiro atoms. The maximum Gasteiger partial charge on any atom is 0.166 e. The van der Waals surface area contributed by atoms with Crippen LogP contribution < -0.4 is 4.90 Å². The van der Waals surface area contributed by atoms with E-state index in [1.807, 2.05) is 13.0 Å². The van der Waals surface area contributed by atoms with Gasteiger partial charge in [-0.3, -0.25) is 0 Å². The molecular weight excluding hydrogens is 261 g/mol. The first-order valence-corrected chi connectivity index (χ1v) is 5.41. The van der Waals surface area contributed by atoms with Gasteiger partial charge in [-0.1, -0.05) is 0 Å². The van der Waals surface area contributed by atoms with Crippen LogP contribution in [0.5, 0.6) is 0 Å². The van der Waals surface area contributed by atoms with Gasteiger partial charge in [0.05, 0.1) is 12.5 Å². The molecule has 0 aliphatic rings. The van der Waals surface area contributed by atoms with E-state index in [4.69, 9.17) is 5.26 Å². The molecule has 1 aromatic rings.